The van der Waals surface area contributed by atoms with Crippen molar-refractivity contribution in [2.45, 2.75) is 44.3 Å². The van der Waals surface area contributed by atoms with Gasteiger partial charge in [-0.1, -0.05) is 11.3 Å². The Morgan fingerprint density at radius 3 is 2.82 bits per heavy atom. The zero-order chi connectivity index (χ0) is 19.7. The number of carbonyl (C=O) groups is 1. The van der Waals surface area contributed by atoms with Crippen molar-refractivity contribution in [3.63, 3.8) is 0 Å². The van der Waals surface area contributed by atoms with Gasteiger partial charge in [-0.3, -0.25) is 9.78 Å². The van der Waals surface area contributed by atoms with Crippen LogP contribution in [0.2, 0.25) is 0 Å². The SMILES string of the molecule is Cc1nnc(-c2ccncc2N2CCC(F)(C(=O)N3CCCC3C#N)CC2)s1. The summed E-state index contributed by atoms with van der Waals surface area (Å²) in [4.78, 5) is 20.5. The fourth-order valence-electron chi connectivity index (χ4n) is 3.94. The Labute approximate surface area is 166 Å². The number of nitrogens with zero attached hydrogens (tertiary/aromatic N) is 6. The summed E-state index contributed by atoms with van der Waals surface area (Å²) in [7, 11) is 0. The van der Waals surface area contributed by atoms with Crippen LogP contribution in [0, 0.1) is 18.3 Å². The van der Waals surface area contributed by atoms with Gasteiger partial charge in [-0.25, -0.2) is 4.39 Å². The number of hydrogen-bond donors (Lipinski definition) is 0. The van der Waals surface area contributed by atoms with Gasteiger partial charge in [0.25, 0.3) is 5.91 Å². The molecular weight excluding hydrogens is 379 g/mol. The summed E-state index contributed by atoms with van der Waals surface area (Å²) in [6.45, 7) is 3.18. The molecule has 0 aliphatic carbocycles. The van der Waals surface area contributed by atoms with Crippen molar-refractivity contribution < 1.29 is 9.18 Å². The number of halogens is 1. The molecule has 4 heterocycles. The number of hydrogen-bond acceptors (Lipinski definition) is 7. The molecule has 2 saturated heterocycles. The molecule has 0 radical (unpaired) electrons. The summed E-state index contributed by atoms with van der Waals surface area (Å²) in [5.74, 6) is -0.526. The van der Waals surface area contributed by atoms with Crippen LogP contribution in [0.15, 0.2) is 18.5 Å². The third-order valence-electron chi connectivity index (χ3n) is 5.50. The van der Waals surface area contributed by atoms with Crippen LogP contribution >= 0.6 is 11.3 Å². The number of alkyl halides is 1. The van der Waals surface area contributed by atoms with Crippen LogP contribution in [0.4, 0.5) is 10.1 Å². The van der Waals surface area contributed by atoms with E-state index >= 15 is 4.39 Å². The number of pyridine rings is 1. The second kappa shape index (κ2) is 7.43. The van der Waals surface area contributed by atoms with Gasteiger partial charge in [0.05, 0.1) is 18.0 Å². The first-order valence-corrected chi connectivity index (χ1v) is 10.2. The third-order valence-corrected chi connectivity index (χ3v) is 6.37. The van der Waals surface area contributed by atoms with Crippen molar-refractivity contribution in [3.05, 3.63) is 23.5 Å². The molecule has 146 valence electrons. The first kappa shape index (κ1) is 18.7. The zero-order valence-corrected chi connectivity index (χ0v) is 16.5. The quantitative estimate of drug-likeness (QED) is 0.787. The molecule has 2 aromatic rings. The van der Waals surface area contributed by atoms with Crippen molar-refractivity contribution in [2.75, 3.05) is 24.5 Å². The summed E-state index contributed by atoms with van der Waals surface area (Å²) in [6.07, 6.45) is 5.05. The van der Waals surface area contributed by atoms with Crippen molar-refractivity contribution in [1.82, 2.24) is 20.1 Å². The van der Waals surface area contributed by atoms with Gasteiger partial charge in [-0.05, 0) is 25.8 Å². The molecule has 0 bridgehead atoms. The van der Waals surface area contributed by atoms with Gasteiger partial charge in [-0.15, -0.1) is 10.2 Å². The zero-order valence-electron chi connectivity index (χ0n) is 15.6. The Morgan fingerprint density at radius 1 is 1.36 bits per heavy atom. The fourth-order valence-corrected chi connectivity index (χ4v) is 4.67. The average Bonchev–Trinajstić information content (AvgIpc) is 3.36. The van der Waals surface area contributed by atoms with Crippen LogP contribution in [-0.2, 0) is 4.79 Å². The van der Waals surface area contributed by atoms with Gasteiger partial charge in [0.1, 0.15) is 16.1 Å². The molecule has 1 unspecified atom stereocenters. The molecule has 0 saturated carbocycles. The monoisotopic (exact) mass is 400 g/mol. The molecule has 1 amide bonds. The van der Waals surface area contributed by atoms with Crippen LogP contribution < -0.4 is 4.90 Å². The van der Waals surface area contributed by atoms with Crippen LogP contribution in [0.25, 0.3) is 10.6 Å². The van der Waals surface area contributed by atoms with Gasteiger partial charge in [-0.2, -0.15) is 5.26 Å². The van der Waals surface area contributed by atoms with E-state index in [2.05, 4.69) is 26.2 Å². The number of aromatic nitrogens is 3. The Morgan fingerprint density at radius 2 is 2.14 bits per heavy atom. The third kappa shape index (κ3) is 3.33. The van der Waals surface area contributed by atoms with Crippen LogP contribution in [-0.4, -0.2) is 57.3 Å². The van der Waals surface area contributed by atoms with Crippen molar-refractivity contribution in [1.29, 1.82) is 5.26 Å². The van der Waals surface area contributed by atoms with E-state index in [-0.39, 0.29) is 12.8 Å². The van der Waals surface area contributed by atoms with Crippen LogP contribution in [0.5, 0.6) is 0 Å². The van der Waals surface area contributed by atoms with Crippen molar-refractivity contribution in [3.8, 4) is 16.6 Å². The summed E-state index contributed by atoms with van der Waals surface area (Å²) < 4.78 is 15.5. The number of anilines is 1. The molecule has 2 aliphatic heterocycles. The molecule has 2 fully saturated rings. The number of nitriles is 1. The summed E-state index contributed by atoms with van der Waals surface area (Å²) in [5, 5.41) is 19.2. The maximum absolute atomic E-state index is 15.5. The van der Waals surface area contributed by atoms with Gasteiger partial charge in [0.15, 0.2) is 5.67 Å². The van der Waals surface area contributed by atoms with Crippen molar-refractivity contribution in [2.24, 2.45) is 0 Å². The highest BCUT2D eigenvalue weighted by molar-refractivity contribution is 7.14. The number of carbonyl (C=O) groups excluding carboxylic acids is 1. The highest BCUT2D eigenvalue weighted by atomic mass is 32.1. The molecule has 28 heavy (non-hydrogen) atoms. The largest absolute Gasteiger partial charge is 0.369 e. The highest BCUT2D eigenvalue weighted by Crippen LogP contribution is 2.37. The lowest BCUT2D eigenvalue weighted by molar-refractivity contribution is -0.145. The molecule has 0 N–H and O–H groups in total. The number of amides is 1. The average molecular weight is 400 g/mol. The minimum atomic E-state index is -1.91. The minimum Gasteiger partial charge on any atom is -0.369 e. The van der Waals surface area contributed by atoms with E-state index in [9.17, 15) is 10.1 Å². The number of aryl methyl sites for hydroxylation is 1. The topological polar surface area (TPSA) is 86.0 Å². The van der Waals surface area contributed by atoms with Crippen LogP contribution in [0.1, 0.15) is 30.7 Å². The van der Waals surface area contributed by atoms with E-state index in [0.717, 1.165) is 27.7 Å². The van der Waals surface area contributed by atoms with Gasteiger partial charge >= 0.3 is 0 Å². The van der Waals surface area contributed by atoms with E-state index in [0.29, 0.717) is 26.1 Å². The lowest BCUT2D eigenvalue weighted by atomic mass is 9.91. The second-order valence-corrected chi connectivity index (χ2v) is 8.44. The second-order valence-electron chi connectivity index (χ2n) is 7.26. The predicted molar refractivity (Wildman–Crippen MR) is 104 cm³/mol. The molecule has 2 aliphatic rings. The molecule has 7 nitrogen and oxygen atoms in total. The highest BCUT2D eigenvalue weighted by Gasteiger charge is 2.47. The summed E-state index contributed by atoms with van der Waals surface area (Å²) in [5.41, 5.74) is -0.107. The number of rotatable bonds is 3. The van der Waals surface area contributed by atoms with E-state index in [1.54, 1.807) is 12.4 Å². The molecule has 0 spiro atoms. The number of likely N-dealkylation sites (tertiary alicyclic amines) is 1. The van der Waals surface area contributed by atoms with E-state index in [4.69, 9.17) is 0 Å². The lowest BCUT2D eigenvalue weighted by Gasteiger charge is -2.39. The smallest absolute Gasteiger partial charge is 0.261 e. The molecule has 0 aromatic carbocycles. The predicted octanol–water partition coefficient (Wildman–Crippen LogP) is 2.73. The summed E-state index contributed by atoms with van der Waals surface area (Å²) in [6, 6.07) is 3.51. The standard InChI is InChI=1S/C19H21FN6OS/c1-13-23-24-17(28-13)15-4-7-22-12-16(15)25-9-5-19(20,6-10-25)18(27)26-8-2-3-14(26)11-21/h4,7,12,14H,2-3,5-6,8-10H2,1H3. The Hall–Kier alpha value is -2.60. The normalized spacial score (nSPS) is 21.5. The van der Waals surface area contributed by atoms with Gasteiger partial charge in [0, 0.05) is 44.2 Å². The van der Waals surface area contributed by atoms with E-state index < -0.39 is 17.6 Å². The van der Waals surface area contributed by atoms with Gasteiger partial charge < -0.3 is 9.80 Å². The Bertz CT molecular complexity index is 917. The first-order valence-electron chi connectivity index (χ1n) is 9.41. The van der Waals surface area contributed by atoms with E-state index in [1.165, 1.54) is 16.2 Å². The van der Waals surface area contributed by atoms with Gasteiger partial charge in [0.2, 0.25) is 0 Å². The molecule has 1 atom stereocenters. The van der Waals surface area contributed by atoms with Crippen molar-refractivity contribution >= 4 is 22.9 Å². The molecule has 2 aromatic heterocycles. The Kier molecular flexibility index (Phi) is 4.98. The maximum Gasteiger partial charge on any atom is 0.261 e. The van der Waals surface area contributed by atoms with E-state index in [1.807, 2.05) is 13.0 Å². The Balaban J connectivity index is 1.51. The first-order chi connectivity index (χ1) is 13.5. The molecular formula is C19H21FN6OS. The minimum absolute atomic E-state index is 0.101. The van der Waals surface area contributed by atoms with Crippen LogP contribution in [0.3, 0.4) is 0 Å². The molecule has 4 rings (SSSR count). The maximum atomic E-state index is 15.5. The summed E-state index contributed by atoms with van der Waals surface area (Å²) >= 11 is 1.50. The fraction of sp³-hybridized carbons (Fsp3) is 0.526. The lowest BCUT2D eigenvalue weighted by Crippen LogP contribution is -2.53. The number of piperidine rings is 1. The molecule has 9 heteroatoms.